The van der Waals surface area contributed by atoms with Gasteiger partial charge in [0.2, 0.25) is 0 Å². The summed E-state index contributed by atoms with van der Waals surface area (Å²) in [6, 6.07) is 82.9. The molecule has 17 rings (SSSR count). The van der Waals surface area contributed by atoms with Gasteiger partial charge in [0.25, 0.3) is 13.4 Å². The zero-order valence-electron chi connectivity index (χ0n) is 47.4. The molecule has 0 atom stereocenters. The number of benzene rings is 11. The Morgan fingerprint density at radius 2 is 0.711 bits per heavy atom. The fourth-order valence-corrected chi connectivity index (χ4v) is 15.0. The number of hydrogen-bond acceptors (Lipinski definition) is 4. The summed E-state index contributed by atoms with van der Waals surface area (Å²) in [5.41, 5.74) is 24.8. The second-order valence-electron chi connectivity index (χ2n) is 24.1. The molecule has 4 aliphatic heterocycles. The maximum atomic E-state index is 7.71. The highest BCUT2D eigenvalue weighted by Gasteiger charge is 2.48. The fraction of sp³-hybridized carbons (Fsp3) is 0.120. The molecule has 396 valence electrons. The van der Waals surface area contributed by atoms with Crippen molar-refractivity contribution < 1.29 is 9.47 Å². The predicted molar refractivity (Wildman–Crippen MR) is 349 cm³/mol. The normalized spacial score (nSPS) is 13.2. The Balaban J connectivity index is 0.966. The molecule has 6 nitrogen and oxygen atoms in total. The molecule has 0 aliphatic carbocycles. The molecule has 13 aromatic rings. The molecular formula is C75H58B2N4O2. The van der Waals surface area contributed by atoms with Gasteiger partial charge in [0.15, 0.2) is 0 Å². The zero-order chi connectivity index (χ0) is 55.5. The maximum absolute atomic E-state index is 7.71. The summed E-state index contributed by atoms with van der Waals surface area (Å²) in [5.74, 6) is 4.19. The van der Waals surface area contributed by atoms with Crippen LogP contribution in [0.1, 0.15) is 76.0 Å². The van der Waals surface area contributed by atoms with E-state index in [0.717, 1.165) is 62.7 Å². The number of fused-ring (bicyclic) bond motifs is 16. The van der Waals surface area contributed by atoms with E-state index in [1.54, 1.807) is 0 Å². The van der Waals surface area contributed by atoms with Crippen molar-refractivity contribution in [2.75, 3.05) is 9.80 Å². The van der Waals surface area contributed by atoms with Gasteiger partial charge in [-0.3, -0.25) is 0 Å². The first kappa shape index (κ1) is 48.1. The van der Waals surface area contributed by atoms with Crippen LogP contribution in [-0.2, 0) is 0 Å². The van der Waals surface area contributed by atoms with Crippen molar-refractivity contribution in [1.82, 2.24) is 9.13 Å². The Morgan fingerprint density at radius 3 is 1.07 bits per heavy atom. The third-order valence-electron chi connectivity index (χ3n) is 18.4. The van der Waals surface area contributed by atoms with Crippen LogP contribution in [0.3, 0.4) is 0 Å². The number of ether oxygens (including phenoxy) is 2. The molecule has 0 bridgehead atoms. The molecule has 0 radical (unpaired) electrons. The standard InChI is InChI=1S/C75H58B2N4O2/c1-44(2)55-41-65-70-72-68(55)53-31-19-21-33-61(53)80(72)63-39-51(78(47-23-11-7-12-24-47)48-25-13-8-14-26-48)35-37-57(63)76(70)59-43-60-75(67(46(5)6)74(59)82-65)83-66-42-56(45(3)4)69-54-32-20-22-34-62(54)81-64-40-52(36-38-58(64)77(60)71(66)73(69)81)79(49-27-15-9-16-28-49)50-29-17-10-18-30-50/h7-46H,1-6H3. The van der Waals surface area contributed by atoms with E-state index >= 15 is 0 Å². The lowest BCUT2D eigenvalue weighted by atomic mass is 9.31. The van der Waals surface area contributed by atoms with E-state index in [2.05, 4.69) is 285 Å². The smallest absolute Gasteiger partial charge is 0.256 e. The van der Waals surface area contributed by atoms with E-state index in [1.165, 1.54) is 98.9 Å². The van der Waals surface area contributed by atoms with Gasteiger partial charge in [-0.1, -0.05) is 169 Å². The van der Waals surface area contributed by atoms with Crippen LogP contribution in [0.4, 0.5) is 34.1 Å². The molecule has 2 aromatic heterocycles. The maximum Gasteiger partial charge on any atom is 0.256 e. The molecule has 0 fully saturated rings. The van der Waals surface area contributed by atoms with Crippen molar-refractivity contribution in [3.05, 3.63) is 241 Å². The topological polar surface area (TPSA) is 34.8 Å². The van der Waals surface area contributed by atoms with Crippen molar-refractivity contribution in [2.45, 2.75) is 59.3 Å². The van der Waals surface area contributed by atoms with Crippen LogP contribution in [-0.4, -0.2) is 22.6 Å². The van der Waals surface area contributed by atoms with Crippen molar-refractivity contribution in [2.24, 2.45) is 0 Å². The molecule has 0 unspecified atom stereocenters. The highest BCUT2D eigenvalue weighted by Crippen LogP contribution is 2.50. The number of para-hydroxylation sites is 6. The first-order valence-electron chi connectivity index (χ1n) is 29.6. The first-order chi connectivity index (χ1) is 40.7. The lowest BCUT2D eigenvalue weighted by Gasteiger charge is -2.39. The molecule has 0 saturated heterocycles. The Morgan fingerprint density at radius 1 is 0.349 bits per heavy atom. The van der Waals surface area contributed by atoms with Crippen molar-refractivity contribution in [3.8, 4) is 34.4 Å². The summed E-state index contributed by atoms with van der Waals surface area (Å²) in [6.45, 7) is 13.6. The third kappa shape index (κ3) is 6.75. The van der Waals surface area contributed by atoms with E-state index in [4.69, 9.17) is 9.47 Å². The summed E-state index contributed by atoms with van der Waals surface area (Å²) in [7, 11) is 0. The number of hydrogen-bond donors (Lipinski definition) is 0. The quantitative estimate of drug-likeness (QED) is 0.135. The minimum atomic E-state index is -0.157. The lowest BCUT2D eigenvalue weighted by Crippen LogP contribution is -2.62. The van der Waals surface area contributed by atoms with Crippen LogP contribution in [0, 0.1) is 0 Å². The molecule has 83 heavy (non-hydrogen) atoms. The van der Waals surface area contributed by atoms with Gasteiger partial charge in [-0.15, -0.1) is 0 Å². The molecule has 4 aliphatic rings. The Labute approximate surface area is 484 Å². The fourth-order valence-electron chi connectivity index (χ4n) is 15.0. The van der Waals surface area contributed by atoms with Gasteiger partial charge in [0.05, 0.1) is 22.1 Å². The van der Waals surface area contributed by atoms with Gasteiger partial charge >= 0.3 is 0 Å². The van der Waals surface area contributed by atoms with Crippen LogP contribution in [0.5, 0.6) is 23.0 Å². The van der Waals surface area contributed by atoms with Gasteiger partial charge in [0.1, 0.15) is 23.0 Å². The van der Waals surface area contributed by atoms with Gasteiger partial charge in [0, 0.05) is 72.6 Å². The van der Waals surface area contributed by atoms with Gasteiger partial charge in [-0.05, 0) is 159 Å². The average Bonchev–Trinajstić information content (AvgIpc) is 1.96. The van der Waals surface area contributed by atoms with Gasteiger partial charge < -0.3 is 28.4 Å². The number of nitrogens with zero attached hydrogens (tertiary/aromatic N) is 4. The summed E-state index contributed by atoms with van der Waals surface area (Å²) in [6.07, 6.45) is 0. The van der Waals surface area contributed by atoms with Crippen molar-refractivity contribution >= 4 is 124 Å². The van der Waals surface area contributed by atoms with E-state index in [0.29, 0.717) is 0 Å². The SMILES string of the molecule is CC(C)c1c2c(cc3c1Oc1cc(C(C)C)c4c5ccccc5n5c4c1B3c1ccc(N(c3ccccc3)c3ccccc3)cc1-5)B1c3ccc(N(c4ccccc4)c4ccccc4)cc3-n3c4ccccc4c4c(C(C)C)cc(c1c43)O2. The van der Waals surface area contributed by atoms with Crippen LogP contribution in [0.2, 0.25) is 0 Å². The van der Waals surface area contributed by atoms with E-state index < -0.39 is 0 Å². The minimum Gasteiger partial charge on any atom is -0.458 e. The van der Waals surface area contributed by atoms with Crippen LogP contribution < -0.4 is 52.1 Å². The molecule has 8 heteroatoms. The number of anilines is 6. The molecule has 0 saturated carbocycles. The van der Waals surface area contributed by atoms with Crippen molar-refractivity contribution in [1.29, 1.82) is 0 Å². The number of aromatic nitrogens is 2. The highest BCUT2D eigenvalue weighted by molar-refractivity contribution is 7.02. The monoisotopic (exact) mass is 1070 g/mol. The largest absolute Gasteiger partial charge is 0.458 e. The Kier molecular flexibility index (Phi) is 10.4. The molecule has 0 N–H and O–H groups in total. The lowest BCUT2D eigenvalue weighted by molar-refractivity contribution is 0.449. The van der Waals surface area contributed by atoms with E-state index in [9.17, 15) is 0 Å². The summed E-state index contributed by atoms with van der Waals surface area (Å²) < 4.78 is 20.6. The second-order valence-corrected chi connectivity index (χ2v) is 24.1. The van der Waals surface area contributed by atoms with Gasteiger partial charge in [-0.2, -0.15) is 0 Å². The van der Waals surface area contributed by atoms with Gasteiger partial charge in [-0.25, -0.2) is 0 Å². The second kappa shape index (κ2) is 17.9. The zero-order valence-corrected chi connectivity index (χ0v) is 47.4. The van der Waals surface area contributed by atoms with Crippen LogP contribution in [0.25, 0.3) is 55.0 Å². The summed E-state index contributed by atoms with van der Waals surface area (Å²) in [5, 5.41) is 5.13. The highest BCUT2D eigenvalue weighted by atomic mass is 16.5. The molecule has 11 aromatic carbocycles. The first-order valence-corrected chi connectivity index (χ1v) is 29.6. The molecule has 0 spiro atoms. The Hall–Kier alpha value is -9.65. The van der Waals surface area contributed by atoms with Crippen molar-refractivity contribution in [3.63, 3.8) is 0 Å². The minimum absolute atomic E-state index is 0.0489. The molecule has 6 heterocycles. The molecule has 0 amide bonds. The Bertz CT molecular complexity index is 4480. The predicted octanol–water partition coefficient (Wildman–Crippen LogP) is 16.1. The van der Waals surface area contributed by atoms with E-state index in [-0.39, 0.29) is 31.2 Å². The summed E-state index contributed by atoms with van der Waals surface area (Å²) in [4.78, 5) is 4.79. The molecular weight excluding hydrogens is 1010 g/mol. The average molecular weight is 1070 g/mol. The van der Waals surface area contributed by atoms with E-state index in [1.807, 2.05) is 0 Å². The number of rotatable bonds is 9. The van der Waals surface area contributed by atoms with Crippen LogP contribution in [0.15, 0.2) is 224 Å². The third-order valence-corrected chi connectivity index (χ3v) is 18.4. The summed E-state index contributed by atoms with van der Waals surface area (Å²) >= 11 is 0. The van der Waals surface area contributed by atoms with Crippen LogP contribution >= 0.6 is 0 Å².